The zero-order valence-corrected chi connectivity index (χ0v) is 9.83. The highest BCUT2D eigenvalue weighted by atomic mass is 16.5. The highest BCUT2D eigenvalue weighted by molar-refractivity contribution is 5.59. The molecule has 1 unspecified atom stereocenters. The molecule has 16 heavy (non-hydrogen) atoms. The van der Waals surface area contributed by atoms with Gasteiger partial charge in [-0.15, -0.1) is 0 Å². The maximum atomic E-state index is 5.85. The van der Waals surface area contributed by atoms with Gasteiger partial charge in [0.25, 0.3) is 0 Å². The molecule has 0 radical (unpaired) electrons. The number of fused-ring (bicyclic) bond motifs is 1. The average Bonchev–Trinajstić information content (AvgIpc) is 2.35. The predicted octanol–water partition coefficient (Wildman–Crippen LogP) is 2.16. The third kappa shape index (κ3) is 2.47. The van der Waals surface area contributed by atoms with E-state index in [-0.39, 0.29) is 0 Å². The summed E-state index contributed by atoms with van der Waals surface area (Å²) in [6.07, 6.45) is 3.43. The first-order chi connectivity index (χ1) is 7.83. The van der Waals surface area contributed by atoms with E-state index < -0.39 is 0 Å². The van der Waals surface area contributed by atoms with Crippen LogP contribution in [0.5, 0.6) is 5.75 Å². The summed E-state index contributed by atoms with van der Waals surface area (Å²) in [5, 5.41) is 3.42. The Kier molecular flexibility index (Phi) is 3.67. The average molecular weight is 220 g/mol. The normalized spacial score (nSPS) is 18.5. The smallest absolute Gasteiger partial charge is 0.142 e. The Hall–Kier alpha value is -1.22. The van der Waals surface area contributed by atoms with E-state index in [4.69, 9.17) is 10.5 Å². The van der Waals surface area contributed by atoms with Crippen LogP contribution in [-0.4, -0.2) is 19.2 Å². The van der Waals surface area contributed by atoms with E-state index in [1.807, 2.05) is 0 Å². The largest absolute Gasteiger partial charge is 0.486 e. The number of nitrogens with two attached hydrogens (primary N) is 1. The molecule has 2 rings (SSSR count). The van der Waals surface area contributed by atoms with Crippen molar-refractivity contribution in [3.63, 3.8) is 0 Å². The third-order valence-corrected chi connectivity index (χ3v) is 2.98. The number of hydrogen-bond acceptors (Lipinski definition) is 3. The van der Waals surface area contributed by atoms with Gasteiger partial charge in [-0.25, -0.2) is 0 Å². The van der Waals surface area contributed by atoms with Crippen molar-refractivity contribution >= 4 is 5.69 Å². The molecule has 88 valence electrons. The Morgan fingerprint density at radius 1 is 1.50 bits per heavy atom. The van der Waals surface area contributed by atoms with Gasteiger partial charge in [-0.3, -0.25) is 0 Å². The van der Waals surface area contributed by atoms with Gasteiger partial charge in [0.15, 0.2) is 0 Å². The van der Waals surface area contributed by atoms with Gasteiger partial charge in [-0.2, -0.15) is 0 Å². The fourth-order valence-corrected chi connectivity index (χ4v) is 1.95. The molecule has 1 atom stereocenters. The lowest BCUT2D eigenvalue weighted by Gasteiger charge is -2.27. The molecule has 1 aromatic carbocycles. The minimum Gasteiger partial charge on any atom is -0.486 e. The summed E-state index contributed by atoms with van der Waals surface area (Å²) < 4.78 is 5.85. The van der Waals surface area contributed by atoms with Crippen LogP contribution in [-0.2, 0) is 6.42 Å². The van der Waals surface area contributed by atoms with Crippen molar-refractivity contribution in [3.8, 4) is 5.75 Å². The molecular formula is C13H20N2O. The number of benzene rings is 1. The second kappa shape index (κ2) is 5.21. The minimum atomic E-state index is 0.308. The summed E-state index contributed by atoms with van der Waals surface area (Å²) >= 11 is 0. The zero-order valence-electron chi connectivity index (χ0n) is 9.83. The molecule has 1 aromatic rings. The van der Waals surface area contributed by atoms with Crippen molar-refractivity contribution < 1.29 is 4.74 Å². The van der Waals surface area contributed by atoms with E-state index in [2.05, 4.69) is 30.4 Å². The van der Waals surface area contributed by atoms with Crippen LogP contribution < -0.4 is 15.8 Å². The van der Waals surface area contributed by atoms with Crippen LogP contribution in [0.1, 0.15) is 25.3 Å². The number of anilines is 1. The number of hydrogen-bond donors (Lipinski definition) is 2. The monoisotopic (exact) mass is 220 g/mol. The Morgan fingerprint density at radius 2 is 2.38 bits per heavy atom. The van der Waals surface area contributed by atoms with Crippen LogP contribution in [0.25, 0.3) is 0 Å². The van der Waals surface area contributed by atoms with E-state index in [1.54, 1.807) is 0 Å². The molecule has 0 saturated carbocycles. The lowest BCUT2D eigenvalue weighted by Crippen LogP contribution is -2.29. The molecule has 0 amide bonds. The Balaban J connectivity index is 2.08. The molecule has 3 nitrogen and oxygen atoms in total. The standard InChI is InChI=1S/C13H20N2O/c1-2-11-9-15-12-8-10(4-3-7-14)5-6-13(12)16-11/h5-6,8,11,15H,2-4,7,9,14H2,1H3. The number of ether oxygens (including phenoxy) is 1. The van der Waals surface area contributed by atoms with E-state index in [0.29, 0.717) is 6.10 Å². The van der Waals surface area contributed by atoms with E-state index in [0.717, 1.165) is 43.8 Å². The summed E-state index contributed by atoms with van der Waals surface area (Å²) in [6.45, 7) is 3.80. The number of aryl methyl sites for hydroxylation is 1. The zero-order chi connectivity index (χ0) is 11.4. The summed E-state index contributed by atoms with van der Waals surface area (Å²) in [7, 11) is 0. The summed E-state index contributed by atoms with van der Waals surface area (Å²) in [6, 6.07) is 6.38. The van der Waals surface area contributed by atoms with Crippen LogP contribution in [0.4, 0.5) is 5.69 Å². The highest BCUT2D eigenvalue weighted by Crippen LogP contribution is 2.30. The Morgan fingerprint density at radius 3 is 3.12 bits per heavy atom. The minimum absolute atomic E-state index is 0.308. The molecule has 1 heterocycles. The first kappa shape index (κ1) is 11.3. The van der Waals surface area contributed by atoms with Gasteiger partial charge >= 0.3 is 0 Å². The van der Waals surface area contributed by atoms with Crippen LogP contribution in [0.3, 0.4) is 0 Å². The Bertz CT molecular complexity index is 352. The topological polar surface area (TPSA) is 47.3 Å². The molecule has 0 aliphatic carbocycles. The van der Waals surface area contributed by atoms with Gasteiger partial charge in [0.2, 0.25) is 0 Å². The van der Waals surface area contributed by atoms with Crippen molar-refractivity contribution in [2.45, 2.75) is 32.3 Å². The fraction of sp³-hybridized carbons (Fsp3) is 0.538. The highest BCUT2D eigenvalue weighted by Gasteiger charge is 2.17. The molecule has 1 aliphatic heterocycles. The van der Waals surface area contributed by atoms with Gasteiger partial charge in [0.05, 0.1) is 12.2 Å². The molecular weight excluding hydrogens is 200 g/mol. The quantitative estimate of drug-likeness (QED) is 0.817. The van der Waals surface area contributed by atoms with Crippen molar-refractivity contribution in [2.75, 3.05) is 18.4 Å². The molecule has 1 aliphatic rings. The van der Waals surface area contributed by atoms with Crippen LogP contribution in [0, 0.1) is 0 Å². The molecule has 0 aromatic heterocycles. The lowest BCUT2D eigenvalue weighted by molar-refractivity contribution is 0.202. The fourth-order valence-electron chi connectivity index (χ4n) is 1.95. The summed E-state index contributed by atoms with van der Waals surface area (Å²) in [5.41, 5.74) is 7.96. The molecule has 0 saturated heterocycles. The SMILES string of the molecule is CCC1CNc2cc(CCCN)ccc2O1. The van der Waals surface area contributed by atoms with E-state index in [9.17, 15) is 0 Å². The predicted molar refractivity (Wildman–Crippen MR) is 67.0 cm³/mol. The van der Waals surface area contributed by atoms with Gasteiger partial charge < -0.3 is 15.8 Å². The van der Waals surface area contributed by atoms with E-state index >= 15 is 0 Å². The first-order valence-electron chi connectivity index (χ1n) is 6.07. The maximum absolute atomic E-state index is 5.85. The van der Waals surface area contributed by atoms with Gasteiger partial charge in [-0.05, 0) is 43.5 Å². The second-order valence-corrected chi connectivity index (χ2v) is 4.25. The molecule has 3 N–H and O–H groups in total. The van der Waals surface area contributed by atoms with Gasteiger partial charge in [0.1, 0.15) is 11.9 Å². The Labute approximate surface area is 97.0 Å². The van der Waals surface area contributed by atoms with Crippen molar-refractivity contribution in [3.05, 3.63) is 23.8 Å². The van der Waals surface area contributed by atoms with Crippen molar-refractivity contribution in [1.29, 1.82) is 0 Å². The van der Waals surface area contributed by atoms with Crippen LogP contribution in [0.15, 0.2) is 18.2 Å². The van der Waals surface area contributed by atoms with Crippen LogP contribution in [0.2, 0.25) is 0 Å². The second-order valence-electron chi connectivity index (χ2n) is 4.25. The third-order valence-electron chi connectivity index (χ3n) is 2.98. The van der Waals surface area contributed by atoms with Crippen molar-refractivity contribution in [1.82, 2.24) is 0 Å². The first-order valence-corrected chi connectivity index (χ1v) is 6.07. The lowest BCUT2D eigenvalue weighted by atomic mass is 10.1. The van der Waals surface area contributed by atoms with Gasteiger partial charge in [-0.1, -0.05) is 13.0 Å². The van der Waals surface area contributed by atoms with Crippen LogP contribution >= 0.6 is 0 Å². The number of nitrogens with one attached hydrogen (secondary N) is 1. The molecule has 0 spiro atoms. The maximum Gasteiger partial charge on any atom is 0.142 e. The molecule has 0 fully saturated rings. The molecule has 3 heteroatoms. The van der Waals surface area contributed by atoms with Gasteiger partial charge in [0, 0.05) is 0 Å². The number of rotatable bonds is 4. The summed E-state index contributed by atoms with van der Waals surface area (Å²) in [5.74, 6) is 0.981. The summed E-state index contributed by atoms with van der Waals surface area (Å²) in [4.78, 5) is 0. The van der Waals surface area contributed by atoms with E-state index in [1.165, 1.54) is 5.56 Å². The molecule has 0 bridgehead atoms. The van der Waals surface area contributed by atoms with Crippen molar-refractivity contribution in [2.24, 2.45) is 5.73 Å².